The van der Waals surface area contributed by atoms with E-state index >= 15 is 0 Å². The molecule has 108 valence electrons. The summed E-state index contributed by atoms with van der Waals surface area (Å²) in [5.74, 6) is 0.901. The van der Waals surface area contributed by atoms with Crippen LogP contribution in [0, 0.1) is 5.92 Å². The van der Waals surface area contributed by atoms with E-state index in [0.29, 0.717) is 5.92 Å². The van der Waals surface area contributed by atoms with Crippen molar-refractivity contribution < 1.29 is 4.79 Å². The van der Waals surface area contributed by atoms with Crippen LogP contribution >= 0.6 is 0 Å². The molecule has 3 rings (SSSR count). The summed E-state index contributed by atoms with van der Waals surface area (Å²) in [5, 5.41) is 0. The summed E-state index contributed by atoms with van der Waals surface area (Å²) in [4.78, 5) is 14.4. The molecule has 20 heavy (non-hydrogen) atoms. The SMILES string of the molecule is NC1(C(=O)N2CCC(Cc3ccccc3)CC2)CCC1. The van der Waals surface area contributed by atoms with Crippen molar-refractivity contribution >= 4 is 5.91 Å². The number of nitrogens with two attached hydrogens (primary N) is 1. The quantitative estimate of drug-likeness (QED) is 0.918. The van der Waals surface area contributed by atoms with Crippen LogP contribution < -0.4 is 5.73 Å². The van der Waals surface area contributed by atoms with Crippen molar-refractivity contribution in [3.05, 3.63) is 35.9 Å². The maximum atomic E-state index is 12.4. The van der Waals surface area contributed by atoms with Gasteiger partial charge in [-0.2, -0.15) is 0 Å². The zero-order valence-electron chi connectivity index (χ0n) is 12.1. The van der Waals surface area contributed by atoms with Gasteiger partial charge in [0.15, 0.2) is 0 Å². The van der Waals surface area contributed by atoms with E-state index in [2.05, 4.69) is 30.3 Å². The van der Waals surface area contributed by atoms with Gasteiger partial charge in [0.2, 0.25) is 5.91 Å². The first-order chi connectivity index (χ1) is 9.67. The highest BCUT2D eigenvalue weighted by molar-refractivity contribution is 5.87. The third-order valence-electron chi connectivity index (χ3n) is 4.94. The standard InChI is InChI=1S/C17H24N2O/c18-17(9-4-10-17)16(20)19-11-7-15(8-12-19)13-14-5-2-1-3-6-14/h1-3,5-6,15H,4,7-13,18H2. The maximum absolute atomic E-state index is 12.4. The number of amides is 1. The Morgan fingerprint density at radius 1 is 1.20 bits per heavy atom. The second-order valence-electron chi connectivity index (χ2n) is 6.43. The number of hydrogen-bond donors (Lipinski definition) is 1. The van der Waals surface area contributed by atoms with Crippen molar-refractivity contribution in [2.24, 2.45) is 11.7 Å². The molecule has 1 aliphatic carbocycles. The normalized spacial score (nSPS) is 22.4. The van der Waals surface area contributed by atoms with Crippen LogP contribution in [0.1, 0.15) is 37.7 Å². The Morgan fingerprint density at radius 2 is 1.85 bits per heavy atom. The van der Waals surface area contributed by atoms with E-state index in [1.165, 1.54) is 5.56 Å². The van der Waals surface area contributed by atoms with Crippen molar-refractivity contribution in [3.63, 3.8) is 0 Å². The van der Waals surface area contributed by atoms with Crippen LogP contribution in [0.2, 0.25) is 0 Å². The van der Waals surface area contributed by atoms with E-state index in [9.17, 15) is 4.79 Å². The summed E-state index contributed by atoms with van der Waals surface area (Å²) >= 11 is 0. The zero-order valence-corrected chi connectivity index (χ0v) is 12.1. The second-order valence-corrected chi connectivity index (χ2v) is 6.43. The molecule has 3 heteroatoms. The molecule has 0 atom stereocenters. The molecule has 1 amide bonds. The molecule has 1 aromatic carbocycles. The lowest BCUT2D eigenvalue weighted by Gasteiger charge is -2.42. The first kappa shape index (κ1) is 13.6. The summed E-state index contributed by atoms with van der Waals surface area (Å²) in [5.41, 5.74) is 7.03. The molecule has 0 unspecified atom stereocenters. The predicted molar refractivity (Wildman–Crippen MR) is 80.2 cm³/mol. The fourth-order valence-corrected chi connectivity index (χ4v) is 3.37. The van der Waals surface area contributed by atoms with Gasteiger partial charge in [0.1, 0.15) is 0 Å². The number of carbonyl (C=O) groups excluding carboxylic acids is 1. The molecule has 2 fully saturated rings. The minimum atomic E-state index is -0.522. The van der Waals surface area contributed by atoms with E-state index in [4.69, 9.17) is 5.73 Å². The predicted octanol–water partition coefficient (Wildman–Crippen LogP) is 2.35. The van der Waals surface area contributed by atoms with Gasteiger partial charge in [-0.05, 0) is 50.0 Å². The lowest BCUT2D eigenvalue weighted by atomic mass is 9.76. The lowest BCUT2D eigenvalue weighted by molar-refractivity contribution is -0.141. The molecular formula is C17H24N2O. The number of rotatable bonds is 3. The topological polar surface area (TPSA) is 46.3 Å². The fraction of sp³-hybridized carbons (Fsp3) is 0.588. The first-order valence-corrected chi connectivity index (χ1v) is 7.79. The first-order valence-electron chi connectivity index (χ1n) is 7.79. The average Bonchev–Trinajstić information content (AvgIpc) is 2.46. The van der Waals surface area contributed by atoms with Gasteiger partial charge in [0, 0.05) is 13.1 Å². The van der Waals surface area contributed by atoms with Gasteiger partial charge in [-0.1, -0.05) is 30.3 Å². The molecule has 2 aliphatic rings. The number of piperidine rings is 1. The van der Waals surface area contributed by atoms with Crippen LogP contribution in [0.15, 0.2) is 30.3 Å². The molecule has 1 aromatic rings. The second kappa shape index (κ2) is 5.57. The third kappa shape index (κ3) is 2.73. The number of likely N-dealkylation sites (tertiary alicyclic amines) is 1. The zero-order chi connectivity index (χ0) is 14.0. The van der Waals surface area contributed by atoms with Gasteiger partial charge in [0.05, 0.1) is 5.54 Å². The Balaban J connectivity index is 1.51. The number of carbonyl (C=O) groups is 1. The molecule has 0 radical (unpaired) electrons. The summed E-state index contributed by atoms with van der Waals surface area (Å²) in [6.07, 6.45) is 6.20. The molecule has 0 bridgehead atoms. The van der Waals surface area contributed by atoms with Gasteiger partial charge in [0.25, 0.3) is 0 Å². The summed E-state index contributed by atoms with van der Waals surface area (Å²) in [6, 6.07) is 10.6. The van der Waals surface area contributed by atoms with Crippen molar-refractivity contribution in [2.75, 3.05) is 13.1 Å². The Labute approximate surface area is 121 Å². The highest BCUT2D eigenvalue weighted by atomic mass is 16.2. The summed E-state index contributed by atoms with van der Waals surface area (Å²) < 4.78 is 0. The maximum Gasteiger partial charge on any atom is 0.242 e. The Bertz CT molecular complexity index is 459. The number of nitrogens with zero attached hydrogens (tertiary/aromatic N) is 1. The Kier molecular flexibility index (Phi) is 3.79. The van der Waals surface area contributed by atoms with Crippen LogP contribution in [0.4, 0.5) is 0 Å². The number of hydrogen-bond acceptors (Lipinski definition) is 2. The fourth-order valence-electron chi connectivity index (χ4n) is 3.37. The largest absolute Gasteiger partial charge is 0.341 e. The van der Waals surface area contributed by atoms with E-state index in [1.54, 1.807) is 0 Å². The van der Waals surface area contributed by atoms with Gasteiger partial charge in [-0.25, -0.2) is 0 Å². The van der Waals surface area contributed by atoms with Gasteiger partial charge < -0.3 is 10.6 Å². The molecule has 0 aromatic heterocycles. The molecule has 0 spiro atoms. The average molecular weight is 272 g/mol. The monoisotopic (exact) mass is 272 g/mol. The van der Waals surface area contributed by atoms with E-state index < -0.39 is 5.54 Å². The van der Waals surface area contributed by atoms with Crippen LogP contribution in [-0.4, -0.2) is 29.4 Å². The van der Waals surface area contributed by atoms with Crippen molar-refractivity contribution in [3.8, 4) is 0 Å². The van der Waals surface area contributed by atoms with E-state index in [0.717, 1.165) is 51.6 Å². The van der Waals surface area contributed by atoms with E-state index in [-0.39, 0.29) is 5.91 Å². The van der Waals surface area contributed by atoms with Crippen molar-refractivity contribution in [2.45, 2.75) is 44.1 Å². The van der Waals surface area contributed by atoms with E-state index in [1.807, 2.05) is 4.90 Å². The molecule has 1 aliphatic heterocycles. The minimum Gasteiger partial charge on any atom is -0.341 e. The molecule has 2 N–H and O–H groups in total. The minimum absolute atomic E-state index is 0.196. The highest BCUT2D eigenvalue weighted by Crippen LogP contribution is 2.32. The van der Waals surface area contributed by atoms with Crippen LogP contribution in [-0.2, 0) is 11.2 Å². The Hall–Kier alpha value is -1.35. The van der Waals surface area contributed by atoms with Gasteiger partial charge in [-0.3, -0.25) is 4.79 Å². The van der Waals surface area contributed by atoms with Crippen LogP contribution in [0.3, 0.4) is 0 Å². The van der Waals surface area contributed by atoms with Gasteiger partial charge in [-0.15, -0.1) is 0 Å². The van der Waals surface area contributed by atoms with Crippen molar-refractivity contribution in [1.29, 1.82) is 0 Å². The molecule has 1 saturated heterocycles. The van der Waals surface area contributed by atoms with Crippen LogP contribution in [0.5, 0.6) is 0 Å². The Morgan fingerprint density at radius 3 is 2.40 bits per heavy atom. The van der Waals surface area contributed by atoms with Crippen molar-refractivity contribution in [1.82, 2.24) is 4.90 Å². The smallest absolute Gasteiger partial charge is 0.242 e. The molecule has 1 saturated carbocycles. The third-order valence-corrected chi connectivity index (χ3v) is 4.94. The molecule has 1 heterocycles. The summed E-state index contributed by atoms with van der Waals surface area (Å²) in [6.45, 7) is 1.77. The lowest BCUT2D eigenvalue weighted by Crippen LogP contribution is -2.60. The van der Waals surface area contributed by atoms with Crippen LogP contribution in [0.25, 0.3) is 0 Å². The molecule has 3 nitrogen and oxygen atoms in total. The summed E-state index contributed by atoms with van der Waals surface area (Å²) in [7, 11) is 0. The van der Waals surface area contributed by atoms with Gasteiger partial charge >= 0.3 is 0 Å². The number of benzene rings is 1. The molecular weight excluding hydrogens is 248 g/mol. The highest BCUT2D eigenvalue weighted by Gasteiger charge is 2.43.